The summed E-state index contributed by atoms with van der Waals surface area (Å²) in [5.74, 6) is -0.925. The van der Waals surface area contributed by atoms with Crippen molar-refractivity contribution in [2.75, 3.05) is 32.8 Å². The van der Waals surface area contributed by atoms with Crippen molar-refractivity contribution < 1.29 is 18.7 Å². The van der Waals surface area contributed by atoms with Crippen LogP contribution < -0.4 is 0 Å². The Morgan fingerprint density at radius 1 is 0.969 bits per heavy atom. The van der Waals surface area contributed by atoms with Crippen molar-refractivity contribution in [3.8, 4) is 0 Å². The van der Waals surface area contributed by atoms with Gasteiger partial charge in [-0.3, -0.25) is 14.5 Å². The lowest BCUT2D eigenvalue weighted by atomic mass is 9.88. The minimum absolute atomic E-state index is 0.0520. The first-order chi connectivity index (χ1) is 15.5. The summed E-state index contributed by atoms with van der Waals surface area (Å²) < 4.78 is 18.5. The maximum Gasteiger partial charge on any atom is 0.311 e. The Morgan fingerprint density at radius 2 is 1.62 bits per heavy atom. The van der Waals surface area contributed by atoms with Crippen LogP contribution in [0.1, 0.15) is 36.8 Å². The first-order valence-corrected chi connectivity index (χ1v) is 11.5. The van der Waals surface area contributed by atoms with Crippen LogP contribution >= 0.6 is 0 Å². The summed E-state index contributed by atoms with van der Waals surface area (Å²) in [5, 5.41) is 0. The fraction of sp³-hybridized carbons (Fsp3) is 0.462. The quantitative estimate of drug-likeness (QED) is 0.643. The number of rotatable bonds is 6. The molecule has 6 heteroatoms. The summed E-state index contributed by atoms with van der Waals surface area (Å²) in [6.45, 7) is 5.25. The van der Waals surface area contributed by atoms with Crippen molar-refractivity contribution in [1.29, 1.82) is 0 Å². The van der Waals surface area contributed by atoms with Gasteiger partial charge in [0.1, 0.15) is 5.82 Å². The van der Waals surface area contributed by atoms with Crippen LogP contribution in [0.3, 0.4) is 0 Å². The van der Waals surface area contributed by atoms with Gasteiger partial charge in [0.05, 0.1) is 18.4 Å². The van der Waals surface area contributed by atoms with Gasteiger partial charge in [0.2, 0.25) is 5.91 Å². The molecule has 0 radical (unpaired) electrons. The van der Waals surface area contributed by atoms with Crippen molar-refractivity contribution in [3.63, 3.8) is 0 Å². The minimum Gasteiger partial charge on any atom is -0.466 e. The second-order valence-corrected chi connectivity index (χ2v) is 8.80. The van der Waals surface area contributed by atoms with E-state index in [1.807, 2.05) is 35.2 Å². The Bertz CT molecular complexity index is 910. The predicted molar refractivity (Wildman–Crippen MR) is 120 cm³/mol. The minimum atomic E-state index is -0.430. The molecule has 1 unspecified atom stereocenters. The number of carbonyl (C=O) groups excluding carboxylic acids is 2. The van der Waals surface area contributed by atoms with Crippen LogP contribution in [0.2, 0.25) is 0 Å². The number of carbonyl (C=O) groups is 2. The molecule has 2 aromatic carbocycles. The second kappa shape index (κ2) is 10.3. The van der Waals surface area contributed by atoms with E-state index < -0.39 is 5.92 Å². The van der Waals surface area contributed by atoms with E-state index in [0.29, 0.717) is 45.2 Å². The fourth-order valence-corrected chi connectivity index (χ4v) is 5.00. The standard InChI is InChI=1S/C26H31FN2O3/c1-2-32-26(31)24-18-28(16-19-6-4-3-5-7-19)17-23(24)25(30)29-14-12-21(13-15-29)20-8-10-22(27)11-9-20/h3-11,21,23-24H,2,12-18H2,1H3/t23?,24-/m1/s1. The molecule has 0 bridgehead atoms. The zero-order valence-corrected chi connectivity index (χ0v) is 18.6. The third kappa shape index (κ3) is 5.18. The van der Waals surface area contributed by atoms with Crippen LogP contribution in [0.4, 0.5) is 4.39 Å². The molecule has 0 spiro atoms. The third-order valence-corrected chi connectivity index (χ3v) is 6.70. The molecular weight excluding hydrogens is 407 g/mol. The number of esters is 1. The van der Waals surface area contributed by atoms with Crippen LogP contribution in [0.25, 0.3) is 0 Å². The normalized spacial score (nSPS) is 22.1. The Kier molecular flexibility index (Phi) is 7.20. The average Bonchev–Trinajstić information content (AvgIpc) is 3.24. The third-order valence-electron chi connectivity index (χ3n) is 6.70. The van der Waals surface area contributed by atoms with E-state index in [2.05, 4.69) is 17.0 Å². The van der Waals surface area contributed by atoms with Crippen molar-refractivity contribution in [2.24, 2.45) is 11.8 Å². The van der Waals surface area contributed by atoms with Crippen LogP contribution in [-0.4, -0.2) is 54.5 Å². The molecule has 0 N–H and O–H groups in total. The van der Waals surface area contributed by atoms with E-state index in [9.17, 15) is 14.0 Å². The average molecular weight is 439 g/mol. The smallest absolute Gasteiger partial charge is 0.311 e. The SMILES string of the molecule is CCOC(=O)[C@@H]1CN(Cc2ccccc2)CC1C(=O)N1CCC(c2ccc(F)cc2)CC1. The predicted octanol–water partition coefficient (Wildman–Crippen LogP) is 3.84. The van der Waals surface area contributed by atoms with E-state index in [-0.39, 0.29) is 23.6 Å². The first kappa shape index (κ1) is 22.5. The number of likely N-dealkylation sites (tertiary alicyclic amines) is 2. The lowest BCUT2D eigenvalue weighted by molar-refractivity contribution is -0.153. The van der Waals surface area contributed by atoms with Gasteiger partial charge in [-0.15, -0.1) is 0 Å². The second-order valence-electron chi connectivity index (χ2n) is 8.80. The van der Waals surface area contributed by atoms with Crippen LogP contribution in [0.5, 0.6) is 0 Å². The molecule has 2 aliphatic rings. The monoisotopic (exact) mass is 438 g/mol. The molecule has 2 atom stereocenters. The highest BCUT2D eigenvalue weighted by molar-refractivity contribution is 5.86. The first-order valence-electron chi connectivity index (χ1n) is 11.5. The molecular formula is C26H31FN2O3. The van der Waals surface area contributed by atoms with Gasteiger partial charge in [-0.25, -0.2) is 4.39 Å². The highest BCUT2D eigenvalue weighted by Gasteiger charge is 2.44. The topological polar surface area (TPSA) is 49.9 Å². The lowest BCUT2D eigenvalue weighted by Gasteiger charge is -2.34. The summed E-state index contributed by atoms with van der Waals surface area (Å²) in [6, 6.07) is 16.8. The van der Waals surface area contributed by atoms with Crippen LogP contribution in [-0.2, 0) is 20.9 Å². The van der Waals surface area contributed by atoms with Crippen molar-refractivity contribution in [2.45, 2.75) is 32.2 Å². The molecule has 170 valence electrons. The molecule has 5 nitrogen and oxygen atoms in total. The van der Waals surface area contributed by atoms with Gasteiger partial charge >= 0.3 is 5.97 Å². The number of benzene rings is 2. The molecule has 32 heavy (non-hydrogen) atoms. The molecule has 0 aromatic heterocycles. The summed E-state index contributed by atoms with van der Waals surface area (Å²) >= 11 is 0. The van der Waals surface area contributed by atoms with Crippen LogP contribution in [0.15, 0.2) is 54.6 Å². The molecule has 1 amide bonds. The molecule has 0 saturated carbocycles. The number of halogens is 1. The molecule has 0 aliphatic carbocycles. The van der Waals surface area contributed by atoms with Crippen molar-refractivity contribution in [3.05, 3.63) is 71.5 Å². The Labute approximate surface area is 189 Å². The lowest BCUT2D eigenvalue weighted by Crippen LogP contribution is -2.44. The number of hydrogen-bond donors (Lipinski definition) is 0. The Hall–Kier alpha value is -2.73. The zero-order valence-electron chi connectivity index (χ0n) is 18.6. The van der Waals surface area contributed by atoms with Gasteiger partial charge in [0.25, 0.3) is 0 Å². The largest absolute Gasteiger partial charge is 0.466 e. The maximum absolute atomic E-state index is 13.4. The van der Waals surface area contributed by atoms with E-state index >= 15 is 0 Å². The number of ether oxygens (including phenoxy) is 1. The molecule has 4 rings (SSSR count). The van der Waals surface area contributed by atoms with Gasteiger partial charge in [-0.1, -0.05) is 42.5 Å². The molecule has 2 aromatic rings. The summed E-state index contributed by atoms with van der Waals surface area (Å²) in [6.07, 6.45) is 1.70. The molecule has 2 heterocycles. The van der Waals surface area contributed by atoms with Crippen LogP contribution in [0, 0.1) is 17.7 Å². The number of amides is 1. The fourth-order valence-electron chi connectivity index (χ4n) is 5.00. The zero-order chi connectivity index (χ0) is 22.5. The van der Waals surface area contributed by atoms with Gasteiger partial charge in [-0.05, 0) is 48.9 Å². The maximum atomic E-state index is 13.4. The van der Waals surface area contributed by atoms with Gasteiger partial charge in [0.15, 0.2) is 0 Å². The molecule has 2 fully saturated rings. The Balaban J connectivity index is 1.40. The number of piperidine rings is 1. The van der Waals surface area contributed by atoms with Gasteiger partial charge in [-0.2, -0.15) is 0 Å². The Morgan fingerprint density at radius 3 is 2.28 bits per heavy atom. The number of nitrogens with zero attached hydrogens (tertiary/aromatic N) is 2. The summed E-state index contributed by atoms with van der Waals surface area (Å²) in [4.78, 5) is 30.2. The van der Waals surface area contributed by atoms with E-state index in [1.165, 1.54) is 17.7 Å². The number of hydrogen-bond acceptors (Lipinski definition) is 4. The van der Waals surface area contributed by atoms with Gasteiger partial charge in [0, 0.05) is 32.7 Å². The molecule has 2 aliphatic heterocycles. The van der Waals surface area contributed by atoms with E-state index in [1.54, 1.807) is 6.92 Å². The van der Waals surface area contributed by atoms with Crippen molar-refractivity contribution >= 4 is 11.9 Å². The van der Waals surface area contributed by atoms with E-state index in [4.69, 9.17) is 4.74 Å². The summed E-state index contributed by atoms with van der Waals surface area (Å²) in [5.41, 5.74) is 2.29. The van der Waals surface area contributed by atoms with Crippen molar-refractivity contribution in [1.82, 2.24) is 9.80 Å². The highest BCUT2D eigenvalue weighted by Crippen LogP contribution is 2.32. The highest BCUT2D eigenvalue weighted by atomic mass is 19.1. The van der Waals surface area contributed by atoms with Gasteiger partial charge < -0.3 is 9.64 Å². The van der Waals surface area contributed by atoms with E-state index in [0.717, 1.165) is 18.4 Å². The molecule has 2 saturated heterocycles. The summed E-state index contributed by atoms with van der Waals surface area (Å²) in [7, 11) is 0.